The zero-order chi connectivity index (χ0) is 36.5. The highest BCUT2D eigenvalue weighted by molar-refractivity contribution is 9.10. The van der Waals surface area contributed by atoms with Crippen LogP contribution in [-0.2, 0) is 23.0 Å². The van der Waals surface area contributed by atoms with Crippen LogP contribution in [0.25, 0.3) is 0 Å². The van der Waals surface area contributed by atoms with Gasteiger partial charge in [-0.1, -0.05) is 104 Å². The fraction of sp³-hybridized carbons (Fsp3) is 0.125. The summed E-state index contributed by atoms with van der Waals surface area (Å²) >= 11 is 19.9. The standard InChI is InChI=1S/C40H23Br2Cl2NO7/c41-39-26-5-1-2-6-27(26)40(42,29-8-4-3-7-28(29)39)34-33(39)35(47)45(36(34)48)24-14-9-22(10-15-24)37(49)51-20-32(46)21-11-16-25(17-12-21)52-38(50)23-13-18-30(43)31(44)19-23/h1-19,33-34H,20H2. The molecule has 2 amide bonds. The van der Waals surface area contributed by atoms with E-state index >= 15 is 0 Å². The lowest BCUT2D eigenvalue weighted by Gasteiger charge is -2.55. The fourth-order valence-corrected chi connectivity index (χ4v) is 10.1. The van der Waals surface area contributed by atoms with Gasteiger partial charge in [-0.2, -0.15) is 0 Å². The first-order valence-corrected chi connectivity index (χ1v) is 18.3. The van der Waals surface area contributed by atoms with E-state index in [-0.39, 0.29) is 39.3 Å². The number of halogens is 4. The number of carbonyl (C=O) groups is 5. The van der Waals surface area contributed by atoms with Gasteiger partial charge in [-0.25, -0.2) is 14.5 Å². The van der Waals surface area contributed by atoms with Crippen LogP contribution in [0.2, 0.25) is 10.0 Å². The lowest BCUT2D eigenvalue weighted by Crippen LogP contribution is -2.56. The van der Waals surface area contributed by atoms with Crippen molar-refractivity contribution in [2.45, 2.75) is 8.65 Å². The van der Waals surface area contributed by atoms with Gasteiger partial charge in [0.2, 0.25) is 11.8 Å². The Hall–Kier alpha value is -4.61. The predicted octanol–water partition coefficient (Wildman–Crippen LogP) is 8.66. The lowest BCUT2D eigenvalue weighted by molar-refractivity contribution is -0.122. The summed E-state index contributed by atoms with van der Waals surface area (Å²) in [6.45, 7) is -0.544. The summed E-state index contributed by atoms with van der Waals surface area (Å²) in [4.78, 5) is 68.0. The number of alkyl halides is 2. The van der Waals surface area contributed by atoms with E-state index in [1.807, 2.05) is 48.5 Å². The number of amides is 2. The molecule has 258 valence electrons. The zero-order valence-electron chi connectivity index (χ0n) is 26.6. The molecule has 9 rings (SSSR count). The summed E-state index contributed by atoms with van der Waals surface area (Å²) in [6.07, 6.45) is 0. The van der Waals surface area contributed by atoms with Crippen molar-refractivity contribution in [1.29, 1.82) is 0 Å². The largest absolute Gasteiger partial charge is 0.454 e. The number of carbonyl (C=O) groups excluding carboxylic acids is 5. The van der Waals surface area contributed by atoms with Crippen molar-refractivity contribution < 1.29 is 33.4 Å². The average molecular weight is 860 g/mol. The number of hydrogen-bond acceptors (Lipinski definition) is 7. The molecule has 1 aliphatic heterocycles. The second kappa shape index (κ2) is 12.8. The van der Waals surface area contributed by atoms with Crippen molar-refractivity contribution in [2.24, 2.45) is 11.8 Å². The number of rotatable bonds is 7. The molecule has 0 saturated carbocycles. The van der Waals surface area contributed by atoms with Gasteiger partial charge >= 0.3 is 11.9 Å². The Balaban J connectivity index is 0.949. The molecular weight excluding hydrogens is 837 g/mol. The maximum atomic E-state index is 14.3. The van der Waals surface area contributed by atoms with Gasteiger partial charge in [0.05, 0.1) is 47.3 Å². The number of ether oxygens (including phenoxy) is 2. The van der Waals surface area contributed by atoms with E-state index in [1.165, 1.54) is 71.6 Å². The molecule has 2 atom stereocenters. The van der Waals surface area contributed by atoms with Gasteiger partial charge in [0, 0.05) is 5.56 Å². The van der Waals surface area contributed by atoms with Gasteiger partial charge in [-0.3, -0.25) is 14.4 Å². The van der Waals surface area contributed by atoms with Crippen LogP contribution in [0.4, 0.5) is 5.69 Å². The lowest BCUT2D eigenvalue weighted by atomic mass is 9.54. The van der Waals surface area contributed by atoms with Crippen molar-refractivity contribution in [3.8, 4) is 5.75 Å². The van der Waals surface area contributed by atoms with E-state index in [0.29, 0.717) is 10.7 Å². The van der Waals surface area contributed by atoms with Crippen LogP contribution in [-0.4, -0.2) is 36.1 Å². The first-order chi connectivity index (χ1) is 24.9. The Morgan fingerprint density at radius 1 is 0.615 bits per heavy atom. The second-order valence-electron chi connectivity index (χ2n) is 12.6. The number of anilines is 1. The Morgan fingerprint density at radius 3 is 1.60 bits per heavy atom. The first kappa shape index (κ1) is 34.5. The third kappa shape index (κ3) is 5.18. The van der Waals surface area contributed by atoms with Gasteiger partial charge in [0.25, 0.3) is 0 Å². The molecule has 1 fully saturated rings. The number of benzene rings is 5. The summed E-state index contributed by atoms with van der Waals surface area (Å²) < 4.78 is 8.78. The molecule has 8 nitrogen and oxygen atoms in total. The maximum absolute atomic E-state index is 14.3. The molecule has 4 aliphatic rings. The maximum Gasteiger partial charge on any atom is 0.343 e. The van der Waals surface area contributed by atoms with Crippen molar-refractivity contribution in [1.82, 2.24) is 0 Å². The normalized spacial score (nSPS) is 22.3. The van der Waals surface area contributed by atoms with Gasteiger partial charge in [-0.05, 0) is 89.0 Å². The smallest absolute Gasteiger partial charge is 0.343 e. The quantitative estimate of drug-likeness (QED) is 0.0531. The molecule has 3 aliphatic carbocycles. The summed E-state index contributed by atoms with van der Waals surface area (Å²) in [7, 11) is 0. The van der Waals surface area contributed by atoms with Crippen LogP contribution in [0, 0.1) is 11.8 Å². The Kier molecular flexibility index (Phi) is 8.49. The van der Waals surface area contributed by atoms with Crippen molar-refractivity contribution in [3.05, 3.63) is 164 Å². The van der Waals surface area contributed by atoms with Crippen molar-refractivity contribution in [2.75, 3.05) is 11.5 Å². The molecule has 5 aromatic carbocycles. The molecule has 0 spiro atoms. The van der Waals surface area contributed by atoms with Gasteiger partial charge in [0.15, 0.2) is 12.4 Å². The van der Waals surface area contributed by atoms with Crippen LogP contribution in [0.1, 0.15) is 53.3 Å². The molecular formula is C40H23Br2Cl2NO7. The number of ketones is 1. The fourth-order valence-electron chi connectivity index (χ4n) is 7.46. The van der Waals surface area contributed by atoms with Crippen LogP contribution in [0.15, 0.2) is 115 Å². The minimum atomic E-state index is -0.921. The zero-order valence-corrected chi connectivity index (χ0v) is 31.3. The third-order valence-corrected chi connectivity index (χ3v) is 13.3. The van der Waals surface area contributed by atoms with Crippen molar-refractivity contribution in [3.63, 3.8) is 0 Å². The van der Waals surface area contributed by atoms with Crippen LogP contribution >= 0.6 is 55.1 Å². The number of hydrogen-bond donors (Lipinski definition) is 0. The van der Waals surface area contributed by atoms with Crippen molar-refractivity contribution >= 4 is 90.3 Å². The Labute approximate surface area is 323 Å². The monoisotopic (exact) mass is 857 g/mol. The molecule has 5 aromatic rings. The number of nitrogens with zero attached hydrogens (tertiary/aromatic N) is 1. The van der Waals surface area contributed by atoms with Gasteiger partial charge < -0.3 is 9.47 Å². The van der Waals surface area contributed by atoms with E-state index in [4.69, 9.17) is 32.7 Å². The van der Waals surface area contributed by atoms with E-state index in [1.54, 1.807) is 0 Å². The molecule has 1 heterocycles. The number of imide groups is 1. The SMILES string of the molecule is O=C(COC(=O)c1ccc(N2C(=O)C3C(C2=O)C2(Br)c4ccccc4C3(Br)c3ccccc32)cc1)c1ccc(OC(=O)c2ccc(Cl)c(Cl)c2)cc1. The first-order valence-electron chi connectivity index (χ1n) is 16.0. The highest BCUT2D eigenvalue weighted by atomic mass is 79.9. The molecule has 12 heteroatoms. The molecule has 52 heavy (non-hydrogen) atoms. The molecule has 0 N–H and O–H groups in total. The minimum absolute atomic E-state index is 0.131. The van der Waals surface area contributed by atoms with Gasteiger partial charge in [-0.15, -0.1) is 0 Å². The summed E-state index contributed by atoms with van der Waals surface area (Å²) in [6, 6.07) is 31.8. The van der Waals surface area contributed by atoms with E-state index in [0.717, 1.165) is 22.3 Å². The highest BCUT2D eigenvalue weighted by Crippen LogP contribution is 2.70. The summed E-state index contributed by atoms with van der Waals surface area (Å²) in [5.41, 5.74) is 4.61. The average Bonchev–Trinajstić information content (AvgIpc) is 3.44. The summed E-state index contributed by atoms with van der Waals surface area (Å²) in [5, 5.41) is 0.513. The third-order valence-electron chi connectivity index (χ3n) is 9.82. The molecule has 2 unspecified atom stereocenters. The van der Waals surface area contributed by atoms with Gasteiger partial charge in [0.1, 0.15) is 5.75 Å². The second-order valence-corrected chi connectivity index (χ2v) is 15.9. The Morgan fingerprint density at radius 2 is 1.10 bits per heavy atom. The van der Waals surface area contributed by atoms with Crippen LogP contribution < -0.4 is 9.64 Å². The van der Waals surface area contributed by atoms with E-state index in [2.05, 4.69) is 31.9 Å². The molecule has 0 aromatic heterocycles. The van der Waals surface area contributed by atoms with Crippen LogP contribution in [0.3, 0.4) is 0 Å². The Bertz CT molecular complexity index is 2240. The van der Waals surface area contributed by atoms with E-state index < -0.39 is 44.8 Å². The summed E-state index contributed by atoms with van der Waals surface area (Å²) in [5.74, 6) is -3.87. The molecule has 0 radical (unpaired) electrons. The molecule has 2 bridgehead atoms. The topological polar surface area (TPSA) is 107 Å². The van der Waals surface area contributed by atoms with E-state index in [9.17, 15) is 24.0 Å². The number of Topliss-reactive ketones (excluding diaryl/α,β-unsaturated/α-hetero) is 1. The molecule has 1 saturated heterocycles. The number of esters is 2. The minimum Gasteiger partial charge on any atom is -0.454 e. The highest BCUT2D eigenvalue weighted by Gasteiger charge is 2.72. The van der Waals surface area contributed by atoms with Crippen LogP contribution in [0.5, 0.6) is 5.75 Å². The predicted molar refractivity (Wildman–Crippen MR) is 201 cm³/mol.